The molecule has 2 fully saturated rings. The van der Waals surface area contributed by atoms with E-state index in [1.54, 1.807) is 18.2 Å². The molecule has 2 amide bonds. The van der Waals surface area contributed by atoms with Gasteiger partial charge < -0.3 is 19.2 Å². The van der Waals surface area contributed by atoms with Crippen LogP contribution in [0, 0.1) is 23.7 Å². The number of allylic oxidation sites excluding steroid dienone is 2. The zero-order valence-corrected chi connectivity index (χ0v) is 24.0. The van der Waals surface area contributed by atoms with Gasteiger partial charge in [0, 0.05) is 0 Å². The molecule has 6 rings (SSSR count). The molecule has 2 aliphatic heterocycles. The average Bonchev–Trinajstić information content (AvgIpc) is 3.56. The Labute approximate surface area is 246 Å². The van der Waals surface area contributed by atoms with Gasteiger partial charge >= 0.3 is 7.12 Å². The highest BCUT2D eigenvalue weighted by molar-refractivity contribution is 6.43. The summed E-state index contributed by atoms with van der Waals surface area (Å²) in [6, 6.07) is 22.8. The number of benzene rings is 2. The normalized spacial score (nSPS) is 24.5. The second kappa shape index (κ2) is 11.9. The Hall–Kier alpha value is -3.72. The highest BCUT2D eigenvalue weighted by Crippen LogP contribution is 2.52. The lowest BCUT2D eigenvalue weighted by atomic mass is 9.57. The molecule has 8 heteroatoms. The van der Waals surface area contributed by atoms with Crippen molar-refractivity contribution in [3.63, 3.8) is 0 Å². The van der Waals surface area contributed by atoms with E-state index in [4.69, 9.17) is 9.07 Å². The van der Waals surface area contributed by atoms with Crippen molar-refractivity contribution >= 4 is 36.3 Å². The molecule has 1 aromatic heterocycles. The van der Waals surface area contributed by atoms with Gasteiger partial charge in [-0.25, -0.2) is 0 Å². The molecular formula is C34H36BNO6. The summed E-state index contributed by atoms with van der Waals surface area (Å²) in [6.07, 6.45) is 3.64. The summed E-state index contributed by atoms with van der Waals surface area (Å²) in [5.74, 6) is -0.227. The van der Waals surface area contributed by atoms with Gasteiger partial charge in [0.2, 0.25) is 11.8 Å². The standard InChI is InChI=1S/C34H36BNO6/c1-21(2)27-18-28-32(34(39)36(33(28)38)24-11-7-4-8-12-24)29-19-35(40)42-30(31(27)29)16-13-23(22-9-5-3-6-10-22)17-25-14-15-26(20-37)41-25/h3-12,14-15,17,21,28-30,32,37,40H,13,16,18-20H2,1-2H3/b23-17-/t28-,29+,30-,32-/m1/s1. The predicted octanol–water partition coefficient (Wildman–Crippen LogP) is 5.75. The number of aliphatic hydroxyl groups excluding tert-OH is 1. The van der Waals surface area contributed by atoms with E-state index in [1.165, 1.54) is 4.90 Å². The Morgan fingerprint density at radius 3 is 2.38 bits per heavy atom. The predicted molar refractivity (Wildman–Crippen MR) is 162 cm³/mol. The van der Waals surface area contributed by atoms with Crippen molar-refractivity contribution < 1.29 is 28.8 Å². The summed E-state index contributed by atoms with van der Waals surface area (Å²) in [6.45, 7) is 4.09. The van der Waals surface area contributed by atoms with E-state index in [0.717, 1.165) is 22.3 Å². The van der Waals surface area contributed by atoms with E-state index in [0.29, 0.717) is 42.8 Å². The molecule has 0 saturated carbocycles. The third-order valence-electron chi connectivity index (χ3n) is 8.93. The summed E-state index contributed by atoms with van der Waals surface area (Å²) in [5.41, 5.74) is 4.93. The number of hydrogen-bond acceptors (Lipinski definition) is 6. The minimum absolute atomic E-state index is 0.152. The Morgan fingerprint density at radius 1 is 1.00 bits per heavy atom. The number of imide groups is 1. The number of amides is 2. The van der Waals surface area contributed by atoms with E-state index in [2.05, 4.69) is 13.8 Å². The lowest BCUT2D eigenvalue weighted by Crippen LogP contribution is -2.46. The Bertz CT molecular complexity index is 1510. The molecule has 2 N–H and O–H groups in total. The SMILES string of the molecule is CC(C)C1=C2[C@@H](CC/C(=C/c3ccc(CO)o3)c3ccccc3)OB(O)C[C@@H]2[C@@H]2C(=O)N(c3ccccc3)C(=O)[C@@H]2C1. The molecule has 3 aromatic rings. The molecule has 2 aromatic carbocycles. The number of rotatable bonds is 8. The zero-order valence-electron chi connectivity index (χ0n) is 24.0. The smallest absolute Gasteiger partial charge is 0.455 e. The monoisotopic (exact) mass is 565 g/mol. The highest BCUT2D eigenvalue weighted by Gasteiger charge is 2.57. The van der Waals surface area contributed by atoms with Gasteiger partial charge in [-0.3, -0.25) is 14.5 Å². The highest BCUT2D eigenvalue weighted by atomic mass is 16.5. The number of carbonyl (C=O) groups is 2. The summed E-state index contributed by atoms with van der Waals surface area (Å²) >= 11 is 0. The molecule has 3 aliphatic rings. The third-order valence-corrected chi connectivity index (χ3v) is 8.93. The quantitative estimate of drug-likeness (QED) is 0.205. The van der Waals surface area contributed by atoms with Crippen LogP contribution in [0.2, 0.25) is 6.32 Å². The fraction of sp³-hybridized carbons (Fsp3) is 0.353. The van der Waals surface area contributed by atoms with Crippen LogP contribution in [0.5, 0.6) is 0 Å². The molecule has 0 unspecified atom stereocenters. The Balaban J connectivity index is 1.33. The number of para-hydroxylation sites is 1. The van der Waals surface area contributed by atoms with Crippen LogP contribution < -0.4 is 4.90 Å². The van der Waals surface area contributed by atoms with Crippen LogP contribution in [0.1, 0.15) is 50.2 Å². The number of carbonyl (C=O) groups excluding carboxylic acids is 2. The van der Waals surface area contributed by atoms with Gasteiger partial charge in [0.1, 0.15) is 18.1 Å². The average molecular weight is 565 g/mol. The van der Waals surface area contributed by atoms with E-state index in [1.807, 2.05) is 60.7 Å². The van der Waals surface area contributed by atoms with Gasteiger partial charge in [-0.1, -0.05) is 68.0 Å². The van der Waals surface area contributed by atoms with E-state index in [-0.39, 0.29) is 36.4 Å². The first-order valence-corrected chi connectivity index (χ1v) is 14.8. The second-order valence-electron chi connectivity index (χ2n) is 11.8. The number of furan rings is 1. The largest absolute Gasteiger partial charge is 0.459 e. The molecule has 42 heavy (non-hydrogen) atoms. The second-order valence-corrected chi connectivity index (χ2v) is 11.8. The zero-order chi connectivity index (χ0) is 29.4. The van der Waals surface area contributed by atoms with E-state index >= 15 is 0 Å². The topological polar surface area (TPSA) is 100 Å². The van der Waals surface area contributed by atoms with Crippen LogP contribution >= 0.6 is 0 Å². The molecule has 7 nitrogen and oxygen atoms in total. The van der Waals surface area contributed by atoms with Gasteiger partial charge in [-0.05, 0) is 84.5 Å². The fourth-order valence-electron chi connectivity index (χ4n) is 7.05. The number of anilines is 1. The van der Waals surface area contributed by atoms with Crippen LogP contribution in [0.4, 0.5) is 5.69 Å². The number of fused-ring (bicyclic) bond motifs is 3. The van der Waals surface area contributed by atoms with Crippen LogP contribution in [0.25, 0.3) is 11.6 Å². The van der Waals surface area contributed by atoms with Crippen molar-refractivity contribution in [2.24, 2.45) is 23.7 Å². The number of nitrogens with zero attached hydrogens (tertiary/aromatic N) is 1. The molecule has 1 aliphatic carbocycles. The first kappa shape index (κ1) is 28.4. The summed E-state index contributed by atoms with van der Waals surface area (Å²) < 4.78 is 12.0. The third kappa shape index (κ3) is 5.30. The number of aliphatic hydroxyl groups is 1. The van der Waals surface area contributed by atoms with E-state index in [9.17, 15) is 19.7 Å². The van der Waals surface area contributed by atoms with Gasteiger partial charge in [0.25, 0.3) is 0 Å². The minimum atomic E-state index is -1.02. The molecule has 216 valence electrons. The van der Waals surface area contributed by atoms with Crippen LogP contribution in [0.3, 0.4) is 0 Å². The van der Waals surface area contributed by atoms with Crippen molar-refractivity contribution in [2.75, 3.05) is 4.90 Å². The maximum atomic E-state index is 13.9. The van der Waals surface area contributed by atoms with Crippen molar-refractivity contribution in [1.82, 2.24) is 0 Å². The van der Waals surface area contributed by atoms with Crippen LogP contribution in [-0.4, -0.2) is 35.2 Å². The van der Waals surface area contributed by atoms with Gasteiger partial charge in [-0.15, -0.1) is 0 Å². The molecule has 0 radical (unpaired) electrons. The fourth-order valence-corrected chi connectivity index (χ4v) is 7.05. The van der Waals surface area contributed by atoms with Crippen LogP contribution in [0.15, 0.2) is 88.4 Å². The molecular weight excluding hydrogens is 529 g/mol. The Morgan fingerprint density at radius 2 is 1.71 bits per heavy atom. The van der Waals surface area contributed by atoms with Crippen molar-refractivity contribution in [2.45, 2.75) is 52.1 Å². The Kier molecular flexibility index (Phi) is 8.03. The lowest BCUT2D eigenvalue weighted by Gasteiger charge is -2.44. The molecule has 4 atom stereocenters. The summed E-state index contributed by atoms with van der Waals surface area (Å²) in [5, 5.41) is 20.4. The summed E-state index contributed by atoms with van der Waals surface area (Å²) in [4.78, 5) is 28.9. The van der Waals surface area contributed by atoms with Crippen molar-refractivity contribution in [3.8, 4) is 0 Å². The lowest BCUT2D eigenvalue weighted by molar-refractivity contribution is -0.122. The molecule has 3 heterocycles. The first-order chi connectivity index (χ1) is 20.4. The van der Waals surface area contributed by atoms with Crippen LogP contribution in [-0.2, 0) is 20.9 Å². The molecule has 0 bridgehead atoms. The van der Waals surface area contributed by atoms with Gasteiger partial charge in [-0.2, -0.15) is 0 Å². The van der Waals surface area contributed by atoms with E-state index < -0.39 is 19.0 Å². The van der Waals surface area contributed by atoms with Gasteiger partial charge in [0.05, 0.1) is 23.6 Å². The molecule has 0 spiro atoms. The summed E-state index contributed by atoms with van der Waals surface area (Å²) in [7, 11) is -1.02. The van der Waals surface area contributed by atoms with Gasteiger partial charge in [0.15, 0.2) is 0 Å². The molecule has 2 saturated heterocycles. The van der Waals surface area contributed by atoms with Crippen molar-refractivity contribution in [3.05, 3.63) is 101 Å². The first-order valence-electron chi connectivity index (χ1n) is 14.8. The maximum Gasteiger partial charge on any atom is 0.455 e. The minimum Gasteiger partial charge on any atom is -0.459 e. The maximum absolute atomic E-state index is 13.9. The number of hydrogen-bond donors (Lipinski definition) is 2. The van der Waals surface area contributed by atoms with Crippen molar-refractivity contribution in [1.29, 1.82) is 0 Å².